The molecule has 26 heavy (non-hydrogen) atoms. The largest absolute Gasteiger partial charge is 0.358 e. The second-order valence-corrected chi connectivity index (χ2v) is 7.39. The number of para-hydroxylation sites is 1. The van der Waals surface area contributed by atoms with Gasteiger partial charge in [0, 0.05) is 25.0 Å². The normalized spacial score (nSPS) is 19.2. The van der Waals surface area contributed by atoms with Gasteiger partial charge in [-0.2, -0.15) is 0 Å². The zero-order valence-electron chi connectivity index (χ0n) is 14.8. The van der Waals surface area contributed by atoms with Gasteiger partial charge in [0.1, 0.15) is 18.2 Å². The monoisotopic (exact) mass is 354 g/mol. The number of nitrogens with one attached hydrogen (secondary N) is 3. The van der Waals surface area contributed by atoms with Crippen molar-refractivity contribution in [2.24, 2.45) is 5.92 Å². The van der Waals surface area contributed by atoms with Gasteiger partial charge in [0.2, 0.25) is 5.91 Å². The molecule has 3 heterocycles. The highest BCUT2D eigenvalue weighted by atomic mass is 16.2. The van der Waals surface area contributed by atoms with Crippen LogP contribution in [0.5, 0.6) is 0 Å². The highest BCUT2D eigenvalue weighted by Gasteiger charge is 2.50. The Labute approximate surface area is 151 Å². The molecule has 0 radical (unpaired) electrons. The Morgan fingerprint density at radius 3 is 2.73 bits per heavy atom. The van der Waals surface area contributed by atoms with Gasteiger partial charge in [0.15, 0.2) is 0 Å². The molecule has 8 nitrogen and oxygen atoms in total. The number of likely N-dealkylation sites (tertiary alicyclic amines) is 1. The molecule has 4 rings (SSSR count). The van der Waals surface area contributed by atoms with Crippen LogP contribution in [0.4, 0.5) is 10.6 Å². The lowest BCUT2D eigenvalue weighted by atomic mass is 9.89. The molecule has 1 spiro atoms. The van der Waals surface area contributed by atoms with E-state index in [0.29, 0.717) is 25.5 Å². The van der Waals surface area contributed by atoms with Crippen LogP contribution in [0.3, 0.4) is 0 Å². The standard InChI is InChI=1S/C18H22N6O2/c1-11(2)14(16(25)24-8-18(9-24)7-19-17(26)23-18)22-15-12-5-3-4-6-13(12)20-10-21-15/h3-6,10-11,14H,7-9H2,1-2H3,(H2,19,23,26)(H,20,21,22). The van der Waals surface area contributed by atoms with E-state index in [9.17, 15) is 9.59 Å². The molecule has 1 aromatic heterocycles. The minimum absolute atomic E-state index is 0.0227. The van der Waals surface area contributed by atoms with E-state index in [4.69, 9.17) is 0 Å². The van der Waals surface area contributed by atoms with Crippen LogP contribution in [0.25, 0.3) is 10.9 Å². The maximum Gasteiger partial charge on any atom is 0.315 e. The molecule has 0 bridgehead atoms. The molecule has 0 aliphatic carbocycles. The molecule has 2 aliphatic rings. The number of rotatable bonds is 4. The molecular formula is C18H22N6O2. The highest BCUT2D eigenvalue weighted by molar-refractivity contribution is 5.92. The lowest BCUT2D eigenvalue weighted by Crippen LogP contribution is -2.71. The number of carbonyl (C=O) groups excluding carboxylic acids is 2. The summed E-state index contributed by atoms with van der Waals surface area (Å²) in [6, 6.07) is 7.16. The van der Waals surface area contributed by atoms with Crippen LogP contribution in [-0.4, -0.2) is 58.0 Å². The molecule has 1 aromatic carbocycles. The zero-order valence-corrected chi connectivity index (χ0v) is 14.8. The van der Waals surface area contributed by atoms with Crippen molar-refractivity contribution in [3.05, 3.63) is 30.6 Å². The Balaban J connectivity index is 1.51. The summed E-state index contributed by atoms with van der Waals surface area (Å²) in [7, 11) is 0. The van der Waals surface area contributed by atoms with Gasteiger partial charge in [0.25, 0.3) is 0 Å². The molecule has 8 heteroatoms. The molecule has 136 valence electrons. The van der Waals surface area contributed by atoms with Crippen LogP contribution in [0.2, 0.25) is 0 Å². The van der Waals surface area contributed by atoms with Gasteiger partial charge in [-0.3, -0.25) is 4.79 Å². The number of amides is 3. The van der Waals surface area contributed by atoms with E-state index >= 15 is 0 Å². The van der Waals surface area contributed by atoms with Crippen molar-refractivity contribution in [2.75, 3.05) is 25.0 Å². The van der Waals surface area contributed by atoms with Gasteiger partial charge < -0.3 is 20.9 Å². The van der Waals surface area contributed by atoms with E-state index in [1.54, 1.807) is 4.90 Å². The molecule has 2 aromatic rings. The first kappa shape index (κ1) is 16.6. The number of hydrogen-bond acceptors (Lipinski definition) is 5. The van der Waals surface area contributed by atoms with E-state index in [1.165, 1.54) is 6.33 Å². The second kappa shape index (κ2) is 6.12. The lowest BCUT2D eigenvalue weighted by molar-refractivity contribution is -0.140. The predicted molar refractivity (Wildman–Crippen MR) is 97.6 cm³/mol. The molecule has 3 amide bonds. The van der Waals surface area contributed by atoms with Crippen molar-refractivity contribution in [1.29, 1.82) is 0 Å². The van der Waals surface area contributed by atoms with Crippen LogP contribution < -0.4 is 16.0 Å². The quantitative estimate of drug-likeness (QED) is 0.759. The Hall–Kier alpha value is -2.90. The van der Waals surface area contributed by atoms with Crippen molar-refractivity contribution in [3.63, 3.8) is 0 Å². The number of carbonyl (C=O) groups is 2. The summed E-state index contributed by atoms with van der Waals surface area (Å²) < 4.78 is 0. The van der Waals surface area contributed by atoms with Crippen LogP contribution in [0.1, 0.15) is 13.8 Å². The first-order valence-electron chi connectivity index (χ1n) is 8.78. The topological polar surface area (TPSA) is 99.2 Å². The summed E-state index contributed by atoms with van der Waals surface area (Å²) in [6.45, 7) is 5.63. The van der Waals surface area contributed by atoms with Crippen molar-refractivity contribution in [3.8, 4) is 0 Å². The van der Waals surface area contributed by atoms with Gasteiger partial charge in [-0.15, -0.1) is 0 Å². The molecule has 3 N–H and O–H groups in total. The minimum atomic E-state index is -0.393. The van der Waals surface area contributed by atoms with E-state index in [1.807, 2.05) is 38.1 Å². The number of urea groups is 1. The average molecular weight is 354 g/mol. The molecule has 2 aliphatic heterocycles. The highest BCUT2D eigenvalue weighted by Crippen LogP contribution is 2.27. The molecule has 1 unspecified atom stereocenters. The van der Waals surface area contributed by atoms with E-state index in [2.05, 4.69) is 25.9 Å². The fourth-order valence-electron chi connectivity index (χ4n) is 3.59. The Morgan fingerprint density at radius 2 is 2.04 bits per heavy atom. The second-order valence-electron chi connectivity index (χ2n) is 7.39. The first-order valence-corrected chi connectivity index (χ1v) is 8.78. The number of anilines is 1. The number of fused-ring (bicyclic) bond motifs is 1. The predicted octanol–water partition coefficient (Wildman–Crippen LogP) is 0.960. The minimum Gasteiger partial charge on any atom is -0.358 e. The third-order valence-corrected chi connectivity index (χ3v) is 5.03. The van der Waals surface area contributed by atoms with Gasteiger partial charge in [0.05, 0.1) is 11.1 Å². The summed E-state index contributed by atoms with van der Waals surface area (Å²) in [4.78, 5) is 34.8. The van der Waals surface area contributed by atoms with Crippen molar-refractivity contribution in [2.45, 2.75) is 25.4 Å². The first-order chi connectivity index (χ1) is 12.5. The Kier molecular flexibility index (Phi) is 3.90. The van der Waals surface area contributed by atoms with Gasteiger partial charge in [-0.1, -0.05) is 26.0 Å². The van der Waals surface area contributed by atoms with Gasteiger partial charge in [-0.25, -0.2) is 14.8 Å². The number of aromatic nitrogens is 2. The Bertz CT molecular complexity index is 856. The summed E-state index contributed by atoms with van der Waals surface area (Å²) in [5.41, 5.74) is 0.526. The van der Waals surface area contributed by atoms with Gasteiger partial charge >= 0.3 is 6.03 Å². The van der Waals surface area contributed by atoms with E-state index in [0.717, 1.165) is 10.9 Å². The average Bonchev–Trinajstić information content (AvgIpc) is 3.00. The smallest absolute Gasteiger partial charge is 0.315 e. The zero-order chi connectivity index (χ0) is 18.3. The van der Waals surface area contributed by atoms with Gasteiger partial charge in [-0.05, 0) is 18.1 Å². The molecule has 0 saturated carbocycles. The van der Waals surface area contributed by atoms with Crippen molar-refractivity contribution >= 4 is 28.7 Å². The number of hydrogen-bond donors (Lipinski definition) is 3. The fourth-order valence-corrected chi connectivity index (χ4v) is 3.59. The van der Waals surface area contributed by atoms with Crippen LogP contribution in [0, 0.1) is 5.92 Å². The summed E-state index contributed by atoms with van der Waals surface area (Å²) >= 11 is 0. The number of nitrogens with zero attached hydrogens (tertiary/aromatic N) is 3. The summed E-state index contributed by atoms with van der Waals surface area (Å²) in [5, 5.41) is 9.87. The summed E-state index contributed by atoms with van der Waals surface area (Å²) in [6.07, 6.45) is 1.50. The lowest BCUT2D eigenvalue weighted by Gasteiger charge is -2.48. The third kappa shape index (κ3) is 2.81. The molecule has 2 saturated heterocycles. The molecular weight excluding hydrogens is 332 g/mol. The molecule has 2 fully saturated rings. The van der Waals surface area contributed by atoms with Crippen LogP contribution in [0.15, 0.2) is 30.6 Å². The van der Waals surface area contributed by atoms with Crippen LogP contribution in [-0.2, 0) is 4.79 Å². The Morgan fingerprint density at radius 1 is 1.27 bits per heavy atom. The van der Waals surface area contributed by atoms with E-state index < -0.39 is 6.04 Å². The SMILES string of the molecule is CC(C)C(Nc1ncnc2ccccc12)C(=O)N1CC2(CNC(=O)N2)C1. The molecule has 1 atom stereocenters. The van der Waals surface area contributed by atoms with E-state index in [-0.39, 0.29) is 23.4 Å². The fraction of sp³-hybridized carbons (Fsp3) is 0.444. The van der Waals surface area contributed by atoms with Crippen molar-refractivity contribution in [1.82, 2.24) is 25.5 Å². The maximum absolute atomic E-state index is 13.0. The van der Waals surface area contributed by atoms with Crippen LogP contribution >= 0.6 is 0 Å². The van der Waals surface area contributed by atoms with Crippen molar-refractivity contribution < 1.29 is 9.59 Å². The summed E-state index contributed by atoms with van der Waals surface area (Å²) in [5.74, 6) is 0.771. The maximum atomic E-state index is 13.0. The number of benzene rings is 1. The third-order valence-electron chi connectivity index (χ3n) is 5.03.